The van der Waals surface area contributed by atoms with Gasteiger partial charge >= 0.3 is 0 Å². The van der Waals surface area contributed by atoms with E-state index in [1.54, 1.807) is 0 Å². The van der Waals surface area contributed by atoms with E-state index >= 15 is 0 Å². The van der Waals surface area contributed by atoms with Gasteiger partial charge in [0.25, 0.3) is 5.56 Å². The van der Waals surface area contributed by atoms with Gasteiger partial charge in [0.2, 0.25) is 0 Å². The standard InChI is InChI=1S/C19H21N3O/c1-12-8-9-15(10-13(12)2)18-16-6-4-5-7-17(16)19(23)22(21-18)14(3)11-20/h4-10,14H,11,20H2,1-3H3. The van der Waals surface area contributed by atoms with Crippen LogP contribution in [0.15, 0.2) is 47.3 Å². The van der Waals surface area contributed by atoms with Crippen LogP contribution in [0, 0.1) is 13.8 Å². The topological polar surface area (TPSA) is 60.9 Å². The first-order valence-electron chi connectivity index (χ1n) is 7.82. The third kappa shape index (κ3) is 2.66. The first-order chi connectivity index (χ1) is 11.0. The third-order valence-electron chi connectivity index (χ3n) is 4.37. The van der Waals surface area contributed by atoms with Crippen molar-refractivity contribution in [3.8, 4) is 11.3 Å². The molecule has 23 heavy (non-hydrogen) atoms. The van der Waals surface area contributed by atoms with Crippen LogP contribution in [-0.4, -0.2) is 16.3 Å². The quantitative estimate of drug-likeness (QED) is 0.808. The summed E-state index contributed by atoms with van der Waals surface area (Å²) in [6, 6.07) is 13.7. The zero-order chi connectivity index (χ0) is 16.6. The monoisotopic (exact) mass is 307 g/mol. The van der Waals surface area contributed by atoms with E-state index in [0.29, 0.717) is 11.9 Å². The fourth-order valence-electron chi connectivity index (χ4n) is 2.71. The average Bonchev–Trinajstić information content (AvgIpc) is 2.57. The van der Waals surface area contributed by atoms with E-state index < -0.39 is 0 Å². The lowest BCUT2D eigenvalue weighted by Gasteiger charge is -2.16. The molecule has 4 nitrogen and oxygen atoms in total. The lowest BCUT2D eigenvalue weighted by molar-refractivity contribution is 0.481. The van der Waals surface area contributed by atoms with E-state index in [0.717, 1.165) is 16.6 Å². The minimum Gasteiger partial charge on any atom is -0.328 e. The van der Waals surface area contributed by atoms with Crippen LogP contribution in [0.2, 0.25) is 0 Å². The smallest absolute Gasteiger partial charge is 0.274 e. The fourth-order valence-corrected chi connectivity index (χ4v) is 2.71. The lowest BCUT2D eigenvalue weighted by atomic mass is 10.0. The van der Waals surface area contributed by atoms with Gasteiger partial charge in [-0.1, -0.05) is 30.3 Å². The number of fused-ring (bicyclic) bond motifs is 1. The predicted molar refractivity (Wildman–Crippen MR) is 94.7 cm³/mol. The van der Waals surface area contributed by atoms with Crippen molar-refractivity contribution in [2.75, 3.05) is 6.54 Å². The van der Waals surface area contributed by atoms with Gasteiger partial charge < -0.3 is 5.73 Å². The Morgan fingerprint density at radius 1 is 1.09 bits per heavy atom. The summed E-state index contributed by atoms with van der Waals surface area (Å²) >= 11 is 0. The summed E-state index contributed by atoms with van der Waals surface area (Å²) in [4.78, 5) is 12.7. The molecule has 1 heterocycles. The second-order valence-corrected chi connectivity index (χ2v) is 6.03. The number of aryl methyl sites for hydroxylation is 2. The first kappa shape index (κ1) is 15.4. The van der Waals surface area contributed by atoms with Crippen LogP contribution in [0.4, 0.5) is 0 Å². The zero-order valence-electron chi connectivity index (χ0n) is 13.7. The molecule has 2 N–H and O–H groups in total. The van der Waals surface area contributed by atoms with Crippen LogP contribution in [0.3, 0.4) is 0 Å². The Balaban J connectivity index is 2.37. The molecule has 118 valence electrons. The van der Waals surface area contributed by atoms with Crippen LogP contribution < -0.4 is 11.3 Å². The summed E-state index contributed by atoms with van der Waals surface area (Å²) in [6.07, 6.45) is 0. The van der Waals surface area contributed by atoms with E-state index in [9.17, 15) is 4.79 Å². The molecule has 0 spiro atoms. The number of nitrogens with zero attached hydrogens (tertiary/aromatic N) is 2. The van der Waals surface area contributed by atoms with Gasteiger partial charge in [-0.05, 0) is 44.0 Å². The van der Waals surface area contributed by atoms with Crippen molar-refractivity contribution in [2.45, 2.75) is 26.8 Å². The van der Waals surface area contributed by atoms with E-state index in [4.69, 9.17) is 5.73 Å². The van der Waals surface area contributed by atoms with E-state index in [-0.39, 0.29) is 11.6 Å². The van der Waals surface area contributed by atoms with Gasteiger partial charge in [-0.3, -0.25) is 4.79 Å². The molecule has 3 aromatic rings. The molecule has 0 radical (unpaired) electrons. The zero-order valence-corrected chi connectivity index (χ0v) is 13.7. The minimum atomic E-state index is -0.141. The average molecular weight is 307 g/mol. The molecule has 0 aliphatic heterocycles. The normalized spacial score (nSPS) is 12.5. The first-order valence-corrected chi connectivity index (χ1v) is 7.82. The van der Waals surface area contributed by atoms with Crippen LogP contribution >= 0.6 is 0 Å². The number of rotatable bonds is 3. The Kier molecular flexibility index (Phi) is 4.01. The fraction of sp³-hybridized carbons (Fsp3) is 0.263. The highest BCUT2D eigenvalue weighted by Gasteiger charge is 2.15. The van der Waals surface area contributed by atoms with Crippen LogP contribution in [-0.2, 0) is 0 Å². The highest BCUT2D eigenvalue weighted by atomic mass is 16.1. The van der Waals surface area contributed by atoms with Gasteiger partial charge in [-0.2, -0.15) is 5.10 Å². The van der Waals surface area contributed by atoms with Crippen molar-refractivity contribution < 1.29 is 0 Å². The molecule has 1 atom stereocenters. The summed E-state index contributed by atoms with van der Waals surface area (Å²) in [5.74, 6) is 0. The largest absolute Gasteiger partial charge is 0.328 e. The van der Waals surface area contributed by atoms with Crippen molar-refractivity contribution in [1.29, 1.82) is 0 Å². The van der Waals surface area contributed by atoms with Crippen molar-refractivity contribution in [3.05, 3.63) is 63.9 Å². The van der Waals surface area contributed by atoms with E-state index in [2.05, 4.69) is 37.1 Å². The van der Waals surface area contributed by atoms with Crippen molar-refractivity contribution in [1.82, 2.24) is 9.78 Å². The summed E-state index contributed by atoms with van der Waals surface area (Å²) in [5, 5.41) is 6.19. The van der Waals surface area contributed by atoms with Gasteiger partial charge in [0.05, 0.1) is 17.1 Å². The molecular weight excluding hydrogens is 286 g/mol. The number of benzene rings is 2. The Hall–Kier alpha value is -2.46. The number of aromatic nitrogens is 2. The van der Waals surface area contributed by atoms with Crippen LogP contribution in [0.5, 0.6) is 0 Å². The maximum Gasteiger partial charge on any atom is 0.274 e. The molecule has 0 saturated carbocycles. The van der Waals surface area contributed by atoms with Crippen LogP contribution in [0.1, 0.15) is 24.1 Å². The Labute approximate surface area is 135 Å². The Bertz CT molecular complexity index is 928. The molecule has 0 amide bonds. The summed E-state index contributed by atoms with van der Waals surface area (Å²) < 4.78 is 1.51. The second-order valence-electron chi connectivity index (χ2n) is 6.03. The van der Waals surface area contributed by atoms with Gasteiger partial charge in [0, 0.05) is 17.5 Å². The van der Waals surface area contributed by atoms with Gasteiger partial charge in [-0.25, -0.2) is 4.68 Å². The maximum absolute atomic E-state index is 12.7. The predicted octanol–water partition coefficient (Wildman–Crippen LogP) is 3.20. The maximum atomic E-state index is 12.7. The third-order valence-corrected chi connectivity index (χ3v) is 4.37. The van der Waals surface area contributed by atoms with Crippen molar-refractivity contribution in [3.63, 3.8) is 0 Å². The molecule has 0 fully saturated rings. The molecule has 3 rings (SSSR count). The molecule has 1 aromatic heterocycles. The SMILES string of the molecule is Cc1ccc(-c2nn(C(C)CN)c(=O)c3ccccc23)cc1C. The summed E-state index contributed by atoms with van der Waals surface area (Å²) in [7, 11) is 0. The molecular formula is C19H21N3O. The molecule has 2 aromatic carbocycles. The molecule has 0 aliphatic rings. The van der Waals surface area contributed by atoms with Gasteiger partial charge in [-0.15, -0.1) is 0 Å². The molecule has 0 aliphatic carbocycles. The Morgan fingerprint density at radius 3 is 2.43 bits per heavy atom. The van der Waals surface area contributed by atoms with E-state index in [1.165, 1.54) is 15.8 Å². The van der Waals surface area contributed by atoms with Crippen molar-refractivity contribution in [2.24, 2.45) is 5.73 Å². The Morgan fingerprint density at radius 2 is 1.78 bits per heavy atom. The highest BCUT2D eigenvalue weighted by molar-refractivity contribution is 5.93. The molecule has 4 heteroatoms. The summed E-state index contributed by atoms with van der Waals surface area (Å²) in [5.41, 5.74) is 9.94. The van der Waals surface area contributed by atoms with E-state index in [1.807, 2.05) is 31.2 Å². The molecule has 0 bridgehead atoms. The second kappa shape index (κ2) is 5.97. The van der Waals surface area contributed by atoms with Gasteiger partial charge in [0.1, 0.15) is 0 Å². The van der Waals surface area contributed by atoms with Crippen LogP contribution in [0.25, 0.3) is 22.0 Å². The number of nitrogens with two attached hydrogens (primary N) is 1. The molecule has 0 saturated heterocycles. The number of hydrogen-bond donors (Lipinski definition) is 1. The van der Waals surface area contributed by atoms with Crippen molar-refractivity contribution >= 4 is 10.8 Å². The number of hydrogen-bond acceptors (Lipinski definition) is 3. The minimum absolute atomic E-state index is 0.0915. The lowest BCUT2D eigenvalue weighted by Crippen LogP contribution is -2.30. The highest BCUT2D eigenvalue weighted by Crippen LogP contribution is 2.26. The molecule has 1 unspecified atom stereocenters. The van der Waals surface area contributed by atoms with Gasteiger partial charge in [0.15, 0.2) is 0 Å². The summed E-state index contributed by atoms with van der Waals surface area (Å²) in [6.45, 7) is 6.45.